The molecule has 0 unspecified atom stereocenters. The third-order valence-corrected chi connectivity index (χ3v) is 7.66. The SMILES string of the molecule is CN1CCN(c2ccc(N3CCN(S(=O)(=O)c4ccccc4OC(F)(F)F)CC3)nn2)CC1. The molecule has 33 heavy (non-hydrogen) atoms. The van der Waals surface area contributed by atoms with Crippen LogP contribution in [0.15, 0.2) is 41.3 Å². The van der Waals surface area contributed by atoms with Gasteiger partial charge in [0.1, 0.15) is 10.6 Å². The van der Waals surface area contributed by atoms with Gasteiger partial charge >= 0.3 is 6.36 Å². The minimum atomic E-state index is -4.99. The zero-order valence-corrected chi connectivity index (χ0v) is 18.9. The van der Waals surface area contributed by atoms with Gasteiger partial charge in [-0.3, -0.25) is 0 Å². The molecular weight excluding hydrogens is 461 g/mol. The molecule has 3 heterocycles. The predicted molar refractivity (Wildman–Crippen MR) is 116 cm³/mol. The van der Waals surface area contributed by atoms with Gasteiger partial charge in [0.25, 0.3) is 0 Å². The largest absolute Gasteiger partial charge is 0.573 e. The highest BCUT2D eigenvalue weighted by Crippen LogP contribution is 2.32. The van der Waals surface area contributed by atoms with Crippen molar-refractivity contribution in [2.75, 3.05) is 69.2 Å². The lowest BCUT2D eigenvalue weighted by atomic mass is 10.3. The number of para-hydroxylation sites is 1. The number of halogens is 3. The Hall–Kier alpha value is -2.64. The molecule has 0 radical (unpaired) electrons. The number of aromatic nitrogens is 2. The molecule has 4 rings (SSSR count). The van der Waals surface area contributed by atoms with Gasteiger partial charge < -0.3 is 19.4 Å². The van der Waals surface area contributed by atoms with E-state index in [-0.39, 0.29) is 13.1 Å². The highest BCUT2D eigenvalue weighted by molar-refractivity contribution is 7.89. The number of ether oxygens (including phenoxy) is 1. The topological polar surface area (TPSA) is 82.1 Å². The first-order valence-corrected chi connectivity index (χ1v) is 11.9. The van der Waals surface area contributed by atoms with Crippen molar-refractivity contribution in [3.8, 4) is 5.75 Å². The van der Waals surface area contributed by atoms with Crippen LogP contribution in [0.3, 0.4) is 0 Å². The monoisotopic (exact) mass is 486 g/mol. The summed E-state index contributed by atoms with van der Waals surface area (Å²) in [5, 5.41) is 8.63. The van der Waals surface area contributed by atoms with Crippen LogP contribution in [0.2, 0.25) is 0 Å². The van der Waals surface area contributed by atoms with Gasteiger partial charge in [-0.2, -0.15) is 4.31 Å². The van der Waals surface area contributed by atoms with Gasteiger partial charge in [0, 0.05) is 52.4 Å². The van der Waals surface area contributed by atoms with Crippen LogP contribution in [0.25, 0.3) is 0 Å². The zero-order valence-electron chi connectivity index (χ0n) is 18.1. The molecule has 2 aromatic rings. The molecule has 1 aromatic heterocycles. The van der Waals surface area contributed by atoms with E-state index in [1.165, 1.54) is 12.1 Å². The van der Waals surface area contributed by atoms with Gasteiger partial charge in [0.2, 0.25) is 10.0 Å². The summed E-state index contributed by atoms with van der Waals surface area (Å²) in [6.45, 7) is 4.54. The fraction of sp³-hybridized carbons (Fsp3) is 0.500. The quantitative estimate of drug-likeness (QED) is 0.631. The van der Waals surface area contributed by atoms with Crippen LogP contribution in [0.5, 0.6) is 5.75 Å². The Morgan fingerprint density at radius 3 is 1.85 bits per heavy atom. The summed E-state index contributed by atoms with van der Waals surface area (Å²) in [4.78, 5) is 5.82. The summed E-state index contributed by atoms with van der Waals surface area (Å²) >= 11 is 0. The Morgan fingerprint density at radius 1 is 0.818 bits per heavy atom. The normalized spacial score (nSPS) is 19.0. The molecule has 2 aliphatic heterocycles. The molecular formula is C20H25F3N6O3S. The maximum Gasteiger partial charge on any atom is 0.573 e. The first kappa shape index (κ1) is 23.5. The van der Waals surface area contributed by atoms with E-state index in [0.29, 0.717) is 18.9 Å². The first-order valence-electron chi connectivity index (χ1n) is 10.5. The maximum absolute atomic E-state index is 13.0. The lowest BCUT2D eigenvalue weighted by Crippen LogP contribution is -2.49. The van der Waals surface area contributed by atoms with E-state index in [9.17, 15) is 21.6 Å². The Labute approximate surface area is 190 Å². The second-order valence-corrected chi connectivity index (χ2v) is 9.83. The van der Waals surface area contributed by atoms with Crippen molar-refractivity contribution in [3.63, 3.8) is 0 Å². The number of piperazine rings is 2. The molecule has 0 spiro atoms. The van der Waals surface area contributed by atoms with Gasteiger partial charge in [-0.05, 0) is 31.3 Å². The van der Waals surface area contributed by atoms with Crippen molar-refractivity contribution < 1.29 is 26.3 Å². The fourth-order valence-corrected chi connectivity index (χ4v) is 5.40. The van der Waals surface area contributed by atoms with Crippen LogP contribution in [-0.2, 0) is 10.0 Å². The number of hydrogen-bond acceptors (Lipinski definition) is 8. The van der Waals surface area contributed by atoms with Crippen molar-refractivity contribution in [2.24, 2.45) is 0 Å². The minimum absolute atomic E-state index is 0.102. The minimum Gasteiger partial charge on any atom is -0.404 e. The van der Waals surface area contributed by atoms with E-state index in [1.807, 2.05) is 17.0 Å². The van der Waals surface area contributed by atoms with Crippen LogP contribution in [0.1, 0.15) is 0 Å². The average molecular weight is 487 g/mol. The molecule has 180 valence electrons. The van der Waals surface area contributed by atoms with Crippen molar-refractivity contribution in [2.45, 2.75) is 11.3 Å². The van der Waals surface area contributed by atoms with Gasteiger partial charge in [-0.25, -0.2) is 8.42 Å². The lowest BCUT2D eigenvalue weighted by Gasteiger charge is -2.35. The standard InChI is InChI=1S/C20H25F3N6O3S/c1-26-8-10-27(11-9-26)18-6-7-19(25-24-18)28-12-14-29(15-13-28)33(30,31)17-5-3-2-4-16(17)32-20(21,22)23/h2-7H,8-15H2,1H3. The molecule has 13 heteroatoms. The molecule has 2 aliphatic rings. The van der Waals surface area contributed by atoms with E-state index < -0.39 is 27.0 Å². The van der Waals surface area contributed by atoms with Crippen LogP contribution in [0.4, 0.5) is 24.8 Å². The molecule has 0 bridgehead atoms. The number of hydrogen-bond donors (Lipinski definition) is 0. The molecule has 1 aromatic carbocycles. The second kappa shape index (κ2) is 9.31. The van der Waals surface area contributed by atoms with Crippen LogP contribution in [-0.4, -0.2) is 93.6 Å². The number of anilines is 2. The van der Waals surface area contributed by atoms with E-state index in [2.05, 4.69) is 31.8 Å². The Morgan fingerprint density at radius 2 is 1.33 bits per heavy atom. The zero-order chi connectivity index (χ0) is 23.6. The van der Waals surface area contributed by atoms with Gasteiger partial charge in [0.15, 0.2) is 11.6 Å². The van der Waals surface area contributed by atoms with E-state index >= 15 is 0 Å². The van der Waals surface area contributed by atoms with Crippen molar-refractivity contribution in [1.29, 1.82) is 0 Å². The summed E-state index contributed by atoms with van der Waals surface area (Å²) < 4.78 is 69.2. The summed E-state index contributed by atoms with van der Waals surface area (Å²) in [7, 11) is -2.08. The molecule has 0 aliphatic carbocycles. The Kier molecular flexibility index (Phi) is 6.64. The summed E-state index contributed by atoms with van der Waals surface area (Å²) in [6.07, 6.45) is -4.99. The number of sulfonamides is 1. The van der Waals surface area contributed by atoms with Crippen LogP contribution >= 0.6 is 0 Å². The van der Waals surface area contributed by atoms with Gasteiger partial charge in [0.05, 0.1) is 0 Å². The number of rotatable bonds is 5. The van der Waals surface area contributed by atoms with Gasteiger partial charge in [-0.1, -0.05) is 12.1 Å². The van der Waals surface area contributed by atoms with Crippen molar-refractivity contribution in [1.82, 2.24) is 19.4 Å². The summed E-state index contributed by atoms with van der Waals surface area (Å²) in [5.41, 5.74) is 0. The van der Waals surface area contributed by atoms with E-state index in [4.69, 9.17) is 0 Å². The lowest BCUT2D eigenvalue weighted by molar-refractivity contribution is -0.275. The molecule has 9 nitrogen and oxygen atoms in total. The molecule has 2 saturated heterocycles. The Bertz CT molecular complexity index is 1050. The van der Waals surface area contributed by atoms with Crippen LogP contribution in [0, 0.1) is 0 Å². The number of nitrogens with zero attached hydrogens (tertiary/aromatic N) is 6. The highest BCUT2D eigenvalue weighted by atomic mass is 32.2. The third-order valence-electron chi connectivity index (χ3n) is 5.72. The molecule has 0 amide bonds. The van der Waals surface area contributed by atoms with E-state index in [1.54, 1.807) is 0 Å². The first-order chi connectivity index (χ1) is 15.6. The van der Waals surface area contributed by atoms with Crippen LogP contribution < -0.4 is 14.5 Å². The second-order valence-electron chi connectivity index (χ2n) is 7.93. The third kappa shape index (κ3) is 5.47. The van der Waals surface area contributed by atoms with Crippen molar-refractivity contribution >= 4 is 21.7 Å². The predicted octanol–water partition coefficient (Wildman–Crippen LogP) is 1.64. The molecule has 0 saturated carbocycles. The maximum atomic E-state index is 13.0. The average Bonchev–Trinajstić information content (AvgIpc) is 2.79. The number of likely N-dealkylation sites (N-methyl/N-ethyl adjacent to an activating group) is 1. The van der Waals surface area contributed by atoms with Gasteiger partial charge in [-0.15, -0.1) is 23.4 Å². The number of benzene rings is 1. The molecule has 0 atom stereocenters. The number of alkyl halides is 3. The Balaban J connectivity index is 1.41. The van der Waals surface area contributed by atoms with E-state index in [0.717, 1.165) is 48.4 Å². The molecule has 0 N–H and O–H groups in total. The highest BCUT2D eigenvalue weighted by Gasteiger charge is 2.36. The smallest absolute Gasteiger partial charge is 0.404 e. The molecule has 2 fully saturated rings. The fourth-order valence-electron chi connectivity index (χ4n) is 3.86. The summed E-state index contributed by atoms with van der Waals surface area (Å²) in [6, 6.07) is 8.53. The summed E-state index contributed by atoms with van der Waals surface area (Å²) in [5.74, 6) is 0.692. The van der Waals surface area contributed by atoms with Crippen molar-refractivity contribution in [3.05, 3.63) is 36.4 Å².